The summed E-state index contributed by atoms with van der Waals surface area (Å²) >= 11 is 6.04. The first kappa shape index (κ1) is 12.2. The minimum absolute atomic E-state index is 0.413. The van der Waals surface area contributed by atoms with Gasteiger partial charge in [-0.05, 0) is 32.0 Å². The third-order valence-corrected chi connectivity index (χ3v) is 3.31. The van der Waals surface area contributed by atoms with Crippen LogP contribution in [0.15, 0.2) is 12.3 Å². The van der Waals surface area contributed by atoms with Crippen molar-refractivity contribution in [3.63, 3.8) is 0 Å². The molecule has 0 atom stereocenters. The Balaban J connectivity index is 1.88. The maximum Gasteiger partial charge on any atom is 0.146 e. The molecule has 0 aromatic carbocycles. The summed E-state index contributed by atoms with van der Waals surface area (Å²) < 4.78 is 0. The van der Waals surface area contributed by atoms with Crippen LogP contribution in [0, 0.1) is 11.3 Å². The molecule has 1 aliphatic heterocycles. The lowest BCUT2D eigenvalue weighted by Crippen LogP contribution is -2.26. The molecule has 1 fully saturated rings. The van der Waals surface area contributed by atoms with Gasteiger partial charge in [-0.3, -0.25) is 0 Å². The van der Waals surface area contributed by atoms with Gasteiger partial charge in [-0.1, -0.05) is 11.6 Å². The van der Waals surface area contributed by atoms with Crippen molar-refractivity contribution in [3.05, 3.63) is 22.8 Å². The van der Waals surface area contributed by atoms with E-state index < -0.39 is 0 Å². The van der Waals surface area contributed by atoms with Crippen LogP contribution >= 0.6 is 11.6 Å². The Morgan fingerprint density at radius 3 is 2.94 bits per heavy atom. The average molecular weight is 251 g/mol. The van der Waals surface area contributed by atoms with Gasteiger partial charge in [0.25, 0.3) is 0 Å². The topological polar surface area (TPSA) is 52.0 Å². The molecule has 1 aromatic heterocycles. The Bertz CT molecular complexity index is 421. The zero-order chi connectivity index (χ0) is 12.1. The number of nitrogens with zero attached hydrogens (tertiary/aromatic N) is 3. The van der Waals surface area contributed by atoms with Crippen LogP contribution in [0.25, 0.3) is 0 Å². The van der Waals surface area contributed by atoms with Crippen molar-refractivity contribution in [1.29, 1.82) is 5.26 Å². The van der Waals surface area contributed by atoms with Gasteiger partial charge in [-0.2, -0.15) is 5.26 Å². The van der Waals surface area contributed by atoms with Crippen molar-refractivity contribution in [2.75, 3.05) is 31.5 Å². The van der Waals surface area contributed by atoms with Crippen LogP contribution in [0.1, 0.15) is 18.4 Å². The monoisotopic (exact) mass is 250 g/mol. The van der Waals surface area contributed by atoms with Crippen molar-refractivity contribution in [2.45, 2.75) is 12.8 Å². The number of aromatic nitrogens is 1. The molecule has 0 spiro atoms. The van der Waals surface area contributed by atoms with Gasteiger partial charge in [-0.25, -0.2) is 4.98 Å². The van der Waals surface area contributed by atoms with E-state index in [1.165, 1.54) is 25.9 Å². The molecule has 0 bridgehead atoms. The molecule has 1 aromatic rings. The third-order valence-electron chi connectivity index (χ3n) is 2.93. The van der Waals surface area contributed by atoms with E-state index in [0.717, 1.165) is 13.1 Å². The van der Waals surface area contributed by atoms with Crippen LogP contribution in [0.5, 0.6) is 0 Å². The number of pyridine rings is 1. The lowest BCUT2D eigenvalue weighted by Gasteiger charge is -2.15. The fourth-order valence-electron chi connectivity index (χ4n) is 1.99. The van der Waals surface area contributed by atoms with Crippen LogP contribution in [-0.4, -0.2) is 36.1 Å². The molecule has 1 saturated heterocycles. The van der Waals surface area contributed by atoms with E-state index in [2.05, 4.69) is 15.2 Å². The summed E-state index contributed by atoms with van der Waals surface area (Å²) in [6.07, 6.45) is 4.19. The van der Waals surface area contributed by atoms with E-state index in [4.69, 9.17) is 16.9 Å². The van der Waals surface area contributed by atoms with Crippen molar-refractivity contribution < 1.29 is 0 Å². The molecule has 0 amide bonds. The van der Waals surface area contributed by atoms with Crippen LogP contribution in [0.3, 0.4) is 0 Å². The number of likely N-dealkylation sites (tertiary alicyclic amines) is 1. The van der Waals surface area contributed by atoms with Gasteiger partial charge in [-0.15, -0.1) is 0 Å². The summed E-state index contributed by atoms with van der Waals surface area (Å²) in [4.78, 5) is 6.55. The fraction of sp³-hybridized carbons (Fsp3) is 0.500. The highest BCUT2D eigenvalue weighted by Gasteiger charge is 2.11. The highest BCUT2D eigenvalue weighted by Crippen LogP contribution is 2.22. The Kier molecular flexibility index (Phi) is 4.18. The molecule has 2 rings (SSSR count). The Hall–Kier alpha value is -1.31. The second kappa shape index (κ2) is 5.85. The van der Waals surface area contributed by atoms with E-state index in [9.17, 15) is 0 Å². The molecule has 2 heterocycles. The normalized spacial score (nSPS) is 15.8. The quantitative estimate of drug-likeness (QED) is 0.889. The fourth-order valence-corrected chi connectivity index (χ4v) is 2.21. The van der Waals surface area contributed by atoms with E-state index in [1.54, 1.807) is 12.3 Å². The molecule has 0 radical (unpaired) electrons. The average Bonchev–Trinajstić information content (AvgIpc) is 2.84. The molecule has 1 N–H and O–H groups in total. The number of hydrogen-bond donors (Lipinski definition) is 1. The standard InChI is InChI=1S/C12H15ClN4/c13-11-10(9-14)3-4-15-12(11)16-5-8-17-6-1-2-7-17/h3-4H,1-2,5-8H2,(H,15,16). The number of rotatable bonds is 4. The van der Waals surface area contributed by atoms with Gasteiger partial charge in [0.1, 0.15) is 16.9 Å². The Morgan fingerprint density at radius 1 is 1.47 bits per heavy atom. The molecule has 4 nitrogen and oxygen atoms in total. The molecule has 0 saturated carbocycles. The SMILES string of the molecule is N#Cc1ccnc(NCCN2CCCC2)c1Cl. The molecule has 1 aliphatic rings. The van der Waals surface area contributed by atoms with Gasteiger partial charge in [0.2, 0.25) is 0 Å². The number of anilines is 1. The smallest absolute Gasteiger partial charge is 0.146 e. The first-order valence-electron chi connectivity index (χ1n) is 5.82. The van der Waals surface area contributed by atoms with Crippen molar-refractivity contribution >= 4 is 17.4 Å². The van der Waals surface area contributed by atoms with Crippen molar-refractivity contribution in [3.8, 4) is 6.07 Å². The maximum absolute atomic E-state index is 8.84. The van der Waals surface area contributed by atoms with Crippen LogP contribution in [0.2, 0.25) is 5.02 Å². The van der Waals surface area contributed by atoms with Gasteiger partial charge < -0.3 is 10.2 Å². The third kappa shape index (κ3) is 3.09. The van der Waals surface area contributed by atoms with Gasteiger partial charge in [0.15, 0.2) is 0 Å². The number of hydrogen-bond acceptors (Lipinski definition) is 4. The molecule has 5 heteroatoms. The first-order chi connectivity index (χ1) is 8.31. The highest BCUT2D eigenvalue weighted by molar-refractivity contribution is 6.34. The van der Waals surface area contributed by atoms with Crippen molar-refractivity contribution in [1.82, 2.24) is 9.88 Å². The van der Waals surface area contributed by atoms with E-state index in [1.807, 2.05) is 6.07 Å². The number of nitrogens with one attached hydrogen (secondary N) is 1. The molecule has 90 valence electrons. The van der Waals surface area contributed by atoms with Crippen LogP contribution in [0.4, 0.5) is 5.82 Å². The maximum atomic E-state index is 8.84. The Labute approximate surface area is 106 Å². The lowest BCUT2D eigenvalue weighted by atomic mass is 10.3. The van der Waals surface area contributed by atoms with E-state index >= 15 is 0 Å². The summed E-state index contributed by atoms with van der Waals surface area (Å²) in [5, 5.41) is 12.4. The summed E-state index contributed by atoms with van der Waals surface area (Å²) in [6, 6.07) is 3.66. The summed E-state index contributed by atoms with van der Waals surface area (Å²) in [7, 11) is 0. The molecule has 0 unspecified atom stereocenters. The molecular weight excluding hydrogens is 236 g/mol. The highest BCUT2D eigenvalue weighted by atomic mass is 35.5. The Morgan fingerprint density at radius 2 is 2.24 bits per heavy atom. The summed E-state index contributed by atoms with van der Waals surface area (Å²) in [6.45, 7) is 4.17. The van der Waals surface area contributed by atoms with Crippen LogP contribution in [-0.2, 0) is 0 Å². The second-order valence-electron chi connectivity index (χ2n) is 4.11. The number of nitriles is 1. The molecule has 17 heavy (non-hydrogen) atoms. The van der Waals surface area contributed by atoms with Crippen LogP contribution < -0.4 is 5.32 Å². The zero-order valence-corrected chi connectivity index (χ0v) is 10.4. The van der Waals surface area contributed by atoms with Gasteiger partial charge in [0, 0.05) is 19.3 Å². The first-order valence-corrected chi connectivity index (χ1v) is 6.20. The summed E-state index contributed by atoms with van der Waals surface area (Å²) in [5.41, 5.74) is 0.463. The zero-order valence-electron chi connectivity index (χ0n) is 9.62. The molecule has 0 aliphatic carbocycles. The summed E-state index contributed by atoms with van der Waals surface area (Å²) in [5.74, 6) is 0.602. The predicted molar refractivity (Wildman–Crippen MR) is 68.1 cm³/mol. The van der Waals surface area contributed by atoms with Gasteiger partial charge in [0.05, 0.1) is 5.56 Å². The minimum atomic E-state index is 0.413. The van der Waals surface area contributed by atoms with E-state index in [0.29, 0.717) is 16.4 Å². The second-order valence-corrected chi connectivity index (χ2v) is 4.49. The van der Waals surface area contributed by atoms with Crippen molar-refractivity contribution in [2.24, 2.45) is 0 Å². The number of halogens is 1. The van der Waals surface area contributed by atoms with E-state index in [-0.39, 0.29) is 0 Å². The predicted octanol–water partition coefficient (Wildman–Crippen LogP) is 2.11. The lowest BCUT2D eigenvalue weighted by molar-refractivity contribution is 0.352. The molecular formula is C12H15ClN4. The van der Waals surface area contributed by atoms with Gasteiger partial charge >= 0.3 is 0 Å². The minimum Gasteiger partial charge on any atom is -0.368 e. The largest absolute Gasteiger partial charge is 0.368 e.